The van der Waals surface area contributed by atoms with E-state index in [4.69, 9.17) is 0 Å². The Kier molecular flexibility index (Phi) is 8.77. The first-order valence-electron chi connectivity index (χ1n) is 11.6. The molecule has 0 radical (unpaired) electrons. The van der Waals surface area contributed by atoms with E-state index >= 15 is 0 Å². The van der Waals surface area contributed by atoms with Crippen LogP contribution in [0.1, 0.15) is 36.7 Å². The van der Waals surface area contributed by atoms with E-state index in [0.717, 1.165) is 55.1 Å². The normalized spacial score (nSPS) is 14.7. The fourth-order valence-corrected chi connectivity index (χ4v) is 4.38. The Morgan fingerprint density at radius 2 is 1.76 bits per heavy atom. The average Bonchev–Trinajstić information content (AvgIpc) is 2.76. The van der Waals surface area contributed by atoms with Crippen LogP contribution in [0.25, 0.3) is 0 Å². The van der Waals surface area contributed by atoms with Crippen molar-refractivity contribution in [1.29, 1.82) is 0 Å². The van der Waals surface area contributed by atoms with Gasteiger partial charge >= 0.3 is 6.03 Å². The second kappa shape index (κ2) is 11.7. The van der Waals surface area contributed by atoms with Crippen LogP contribution in [-0.4, -0.2) is 65.5 Å². The summed E-state index contributed by atoms with van der Waals surface area (Å²) in [6, 6.07) is 9.80. The van der Waals surface area contributed by atoms with E-state index in [1.54, 1.807) is 12.1 Å². The zero-order valence-electron chi connectivity index (χ0n) is 19.7. The van der Waals surface area contributed by atoms with Gasteiger partial charge in [-0.05, 0) is 63.4 Å². The van der Waals surface area contributed by atoms with Crippen molar-refractivity contribution in [2.24, 2.45) is 0 Å². The van der Waals surface area contributed by atoms with E-state index in [0.29, 0.717) is 19.5 Å². The molecule has 1 fully saturated rings. The standard InChI is InChI=1S/C25H34FN5O2/c1-4-31(24(32)17-20-5-7-21(26)8-6-20)23-9-12-30(13-10-23)14-11-27-25(33)29-22-15-18(2)28-19(3)16-22/h5-8,15-16,23H,4,9-14,17H2,1-3H3,(H2,27,28,29,33). The van der Waals surface area contributed by atoms with E-state index in [2.05, 4.69) is 20.5 Å². The summed E-state index contributed by atoms with van der Waals surface area (Å²) in [5, 5.41) is 5.76. The molecule has 0 unspecified atom stereocenters. The van der Waals surface area contributed by atoms with E-state index in [1.807, 2.05) is 37.8 Å². The molecule has 0 aliphatic carbocycles. The second-order valence-electron chi connectivity index (χ2n) is 8.58. The summed E-state index contributed by atoms with van der Waals surface area (Å²) in [6.07, 6.45) is 2.11. The third-order valence-corrected chi connectivity index (χ3v) is 5.98. The summed E-state index contributed by atoms with van der Waals surface area (Å²) < 4.78 is 13.1. The minimum Gasteiger partial charge on any atom is -0.340 e. The molecule has 1 aromatic heterocycles. The van der Waals surface area contributed by atoms with Crippen LogP contribution in [0.2, 0.25) is 0 Å². The molecule has 0 atom stereocenters. The smallest absolute Gasteiger partial charge is 0.319 e. The molecule has 1 saturated heterocycles. The van der Waals surface area contributed by atoms with E-state index in [-0.39, 0.29) is 23.8 Å². The SMILES string of the molecule is CCN(C(=O)Cc1ccc(F)cc1)C1CCN(CCNC(=O)Nc2cc(C)nc(C)c2)CC1. The van der Waals surface area contributed by atoms with Gasteiger partial charge in [0.15, 0.2) is 0 Å². The molecule has 178 valence electrons. The Balaban J connectivity index is 1.39. The highest BCUT2D eigenvalue weighted by molar-refractivity contribution is 5.89. The van der Waals surface area contributed by atoms with Crippen LogP contribution < -0.4 is 10.6 Å². The van der Waals surface area contributed by atoms with Gasteiger partial charge in [0.2, 0.25) is 5.91 Å². The molecule has 0 spiro atoms. The zero-order chi connectivity index (χ0) is 23.8. The van der Waals surface area contributed by atoms with Crippen LogP contribution in [0, 0.1) is 19.7 Å². The van der Waals surface area contributed by atoms with Crippen molar-refractivity contribution in [3.05, 3.63) is 59.2 Å². The fraction of sp³-hybridized carbons (Fsp3) is 0.480. The molecule has 7 nitrogen and oxygen atoms in total. The molecular formula is C25H34FN5O2. The quantitative estimate of drug-likeness (QED) is 0.639. The van der Waals surface area contributed by atoms with Crippen LogP contribution in [0.3, 0.4) is 0 Å². The minimum absolute atomic E-state index is 0.0856. The van der Waals surface area contributed by atoms with Crippen LogP contribution in [0.4, 0.5) is 14.9 Å². The topological polar surface area (TPSA) is 77.6 Å². The Morgan fingerprint density at radius 3 is 2.36 bits per heavy atom. The van der Waals surface area contributed by atoms with Crippen LogP contribution in [0.5, 0.6) is 0 Å². The molecule has 3 amide bonds. The third-order valence-electron chi connectivity index (χ3n) is 5.98. The maximum absolute atomic E-state index is 13.1. The molecule has 3 rings (SSSR count). The molecule has 1 aliphatic heterocycles. The van der Waals surface area contributed by atoms with Gasteiger partial charge < -0.3 is 20.4 Å². The molecule has 2 aromatic rings. The number of piperidine rings is 1. The predicted octanol–water partition coefficient (Wildman–Crippen LogP) is 3.51. The van der Waals surface area contributed by atoms with Crippen molar-refractivity contribution in [3.63, 3.8) is 0 Å². The fourth-order valence-electron chi connectivity index (χ4n) is 4.38. The number of likely N-dealkylation sites (tertiary alicyclic amines) is 1. The van der Waals surface area contributed by atoms with Gasteiger partial charge in [0.25, 0.3) is 0 Å². The van der Waals surface area contributed by atoms with Gasteiger partial charge in [-0.3, -0.25) is 9.78 Å². The Hall–Kier alpha value is -3.00. The lowest BCUT2D eigenvalue weighted by molar-refractivity contribution is -0.133. The van der Waals surface area contributed by atoms with Crippen molar-refractivity contribution in [3.8, 4) is 0 Å². The Labute approximate surface area is 195 Å². The number of carbonyl (C=O) groups excluding carboxylic acids is 2. The molecule has 1 aliphatic rings. The lowest BCUT2D eigenvalue weighted by atomic mass is 10.0. The number of rotatable bonds is 8. The second-order valence-corrected chi connectivity index (χ2v) is 8.58. The Morgan fingerprint density at radius 1 is 1.12 bits per heavy atom. The van der Waals surface area contributed by atoms with Crippen molar-refractivity contribution < 1.29 is 14.0 Å². The largest absolute Gasteiger partial charge is 0.340 e. The van der Waals surface area contributed by atoms with Gasteiger partial charge in [-0.1, -0.05) is 12.1 Å². The number of nitrogens with zero attached hydrogens (tertiary/aromatic N) is 3. The number of nitrogens with one attached hydrogen (secondary N) is 2. The molecule has 0 saturated carbocycles. The van der Waals surface area contributed by atoms with Gasteiger partial charge in [0.05, 0.1) is 6.42 Å². The Bertz CT molecular complexity index is 922. The number of halogens is 1. The van der Waals surface area contributed by atoms with Crippen molar-refractivity contribution >= 4 is 17.6 Å². The zero-order valence-corrected chi connectivity index (χ0v) is 19.7. The summed E-state index contributed by atoms with van der Waals surface area (Å²) in [4.78, 5) is 33.6. The van der Waals surface area contributed by atoms with Crippen molar-refractivity contribution in [2.45, 2.75) is 46.1 Å². The maximum Gasteiger partial charge on any atom is 0.319 e. The lowest BCUT2D eigenvalue weighted by Gasteiger charge is -2.38. The number of benzene rings is 1. The first-order valence-corrected chi connectivity index (χ1v) is 11.6. The van der Waals surface area contributed by atoms with Gasteiger partial charge in [-0.2, -0.15) is 0 Å². The van der Waals surface area contributed by atoms with E-state index in [9.17, 15) is 14.0 Å². The number of hydrogen-bond donors (Lipinski definition) is 2. The summed E-state index contributed by atoms with van der Waals surface area (Å²) in [6.45, 7) is 9.56. The number of pyridine rings is 1. The van der Waals surface area contributed by atoms with Crippen molar-refractivity contribution in [2.75, 3.05) is 38.0 Å². The van der Waals surface area contributed by atoms with Gasteiger partial charge in [0, 0.05) is 55.8 Å². The number of carbonyl (C=O) groups is 2. The average molecular weight is 456 g/mol. The molecule has 33 heavy (non-hydrogen) atoms. The first kappa shape index (κ1) is 24.6. The highest BCUT2D eigenvalue weighted by Gasteiger charge is 2.26. The van der Waals surface area contributed by atoms with Gasteiger partial charge in [-0.15, -0.1) is 0 Å². The number of anilines is 1. The number of aromatic nitrogens is 1. The van der Waals surface area contributed by atoms with E-state index < -0.39 is 0 Å². The first-order chi connectivity index (χ1) is 15.8. The van der Waals surface area contributed by atoms with Gasteiger partial charge in [-0.25, -0.2) is 9.18 Å². The molecule has 8 heteroatoms. The molecule has 1 aromatic carbocycles. The molecular weight excluding hydrogens is 421 g/mol. The molecule has 2 N–H and O–H groups in total. The molecule has 0 bridgehead atoms. The minimum atomic E-state index is -0.291. The van der Waals surface area contributed by atoms with Crippen molar-refractivity contribution in [1.82, 2.24) is 20.1 Å². The molecule has 2 heterocycles. The highest BCUT2D eigenvalue weighted by Crippen LogP contribution is 2.18. The third kappa shape index (κ3) is 7.53. The maximum atomic E-state index is 13.1. The number of urea groups is 1. The monoisotopic (exact) mass is 455 g/mol. The summed E-state index contributed by atoms with van der Waals surface area (Å²) in [5.74, 6) is -0.206. The summed E-state index contributed by atoms with van der Waals surface area (Å²) in [7, 11) is 0. The van der Waals surface area contributed by atoms with Gasteiger partial charge in [0.1, 0.15) is 5.82 Å². The highest BCUT2D eigenvalue weighted by atomic mass is 19.1. The lowest BCUT2D eigenvalue weighted by Crippen LogP contribution is -2.49. The summed E-state index contributed by atoms with van der Waals surface area (Å²) in [5.41, 5.74) is 3.30. The number of aryl methyl sites for hydroxylation is 2. The van der Waals surface area contributed by atoms with Crippen LogP contribution >= 0.6 is 0 Å². The van der Waals surface area contributed by atoms with E-state index in [1.165, 1.54) is 12.1 Å². The predicted molar refractivity (Wildman–Crippen MR) is 128 cm³/mol. The van der Waals surface area contributed by atoms with Crippen LogP contribution in [0.15, 0.2) is 36.4 Å². The number of hydrogen-bond acceptors (Lipinski definition) is 4. The van der Waals surface area contributed by atoms with Crippen LogP contribution in [-0.2, 0) is 11.2 Å². The summed E-state index contributed by atoms with van der Waals surface area (Å²) >= 11 is 0. The number of amides is 3. The number of likely N-dealkylation sites (N-methyl/N-ethyl adjacent to an activating group) is 1.